The summed E-state index contributed by atoms with van der Waals surface area (Å²) in [4.78, 5) is 28.9. The van der Waals surface area contributed by atoms with E-state index in [1.54, 1.807) is 24.0 Å². The summed E-state index contributed by atoms with van der Waals surface area (Å²) < 4.78 is 13.5. The van der Waals surface area contributed by atoms with Gasteiger partial charge in [-0.05, 0) is 54.4 Å². The Morgan fingerprint density at radius 3 is 2.31 bits per heavy atom. The Morgan fingerprint density at radius 1 is 0.969 bits per heavy atom. The molecule has 6 heteroatoms. The van der Waals surface area contributed by atoms with E-state index in [9.17, 15) is 14.0 Å². The van der Waals surface area contributed by atoms with E-state index < -0.39 is 11.7 Å². The Hall–Kier alpha value is -3.67. The molecule has 0 aliphatic carbocycles. The van der Waals surface area contributed by atoms with E-state index >= 15 is 0 Å². The van der Waals surface area contributed by atoms with Gasteiger partial charge in [0.25, 0.3) is 5.91 Å². The fraction of sp³-hybridized carbons (Fsp3) is 0.231. The quantitative estimate of drug-likeness (QED) is 0.553. The highest BCUT2D eigenvalue weighted by molar-refractivity contribution is 6.04. The number of carbonyl (C=O) groups is 2. The number of nitrogens with one attached hydrogen (secondary N) is 1. The molecular weight excluding hydrogens is 405 g/mol. The summed E-state index contributed by atoms with van der Waals surface area (Å²) in [6.07, 6.45) is 0. The first-order valence-electron chi connectivity index (χ1n) is 10.5. The zero-order valence-electron chi connectivity index (χ0n) is 18.8. The molecule has 0 aliphatic rings. The topological polar surface area (TPSA) is 52.7 Å². The first-order chi connectivity index (χ1) is 15.3. The van der Waals surface area contributed by atoms with E-state index in [1.807, 2.05) is 68.4 Å². The second-order valence-corrected chi connectivity index (χ2v) is 7.94. The smallest absolute Gasteiger partial charge is 0.255 e. The monoisotopic (exact) mass is 433 g/mol. The zero-order valence-corrected chi connectivity index (χ0v) is 18.8. The van der Waals surface area contributed by atoms with Crippen LogP contribution in [-0.4, -0.2) is 30.8 Å². The van der Waals surface area contributed by atoms with Crippen molar-refractivity contribution >= 4 is 23.2 Å². The lowest BCUT2D eigenvalue weighted by Crippen LogP contribution is -2.31. The number of rotatable bonds is 7. The Bertz CT molecular complexity index is 1100. The van der Waals surface area contributed by atoms with E-state index in [-0.39, 0.29) is 17.5 Å². The van der Waals surface area contributed by atoms with Gasteiger partial charge in [0.15, 0.2) is 0 Å². The molecule has 5 nitrogen and oxygen atoms in total. The van der Waals surface area contributed by atoms with Crippen LogP contribution in [-0.2, 0) is 11.3 Å². The number of hydrogen-bond acceptors (Lipinski definition) is 3. The van der Waals surface area contributed by atoms with Crippen molar-refractivity contribution in [3.63, 3.8) is 0 Å². The summed E-state index contributed by atoms with van der Waals surface area (Å²) in [5.74, 6) is -0.900. The number of nitrogens with zero attached hydrogens (tertiary/aromatic N) is 2. The number of halogens is 1. The second kappa shape index (κ2) is 10.1. The first kappa shape index (κ1) is 23.0. The molecule has 0 fully saturated rings. The Morgan fingerprint density at radius 2 is 1.69 bits per heavy atom. The Balaban J connectivity index is 1.89. The van der Waals surface area contributed by atoms with Crippen molar-refractivity contribution in [1.29, 1.82) is 0 Å². The third kappa shape index (κ3) is 5.52. The first-order valence-corrected chi connectivity index (χ1v) is 10.5. The van der Waals surface area contributed by atoms with Crippen molar-refractivity contribution in [3.05, 3.63) is 95.3 Å². The molecule has 3 aromatic rings. The third-order valence-corrected chi connectivity index (χ3v) is 5.40. The summed E-state index contributed by atoms with van der Waals surface area (Å²) in [7, 11) is 3.87. The molecule has 0 saturated carbocycles. The van der Waals surface area contributed by atoms with Crippen LogP contribution in [0.4, 0.5) is 15.8 Å². The predicted octanol–water partition coefficient (Wildman–Crippen LogP) is 5.25. The van der Waals surface area contributed by atoms with Gasteiger partial charge in [-0.3, -0.25) is 9.59 Å². The number of carbonyl (C=O) groups excluding carboxylic acids is 2. The van der Waals surface area contributed by atoms with E-state index in [0.29, 0.717) is 12.2 Å². The minimum absolute atomic E-state index is 0.0414. The average molecular weight is 434 g/mol. The maximum absolute atomic E-state index is 13.5. The Kier molecular flexibility index (Phi) is 7.25. The van der Waals surface area contributed by atoms with Crippen molar-refractivity contribution in [2.45, 2.75) is 26.4 Å². The highest BCUT2D eigenvalue weighted by Gasteiger charge is 2.21. The van der Waals surface area contributed by atoms with Gasteiger partial charge in [0.05, 0.1) is 6.04 Å². The molecule has 0 heterocycles. The highest BCUT2D eigenvalue weighted by Crippen LogP contribution is 2.29. The molecule has 2 amide bonds. The molecule has 0 saturated heterocycles. The largest absolute Gasteiger partial charge is 0.377 e. The third-order valence-electron chi connectivity index (χ3n) is 5.40. The van der Waals surface area contributed by atoms with Gasteiger partial charge in [0.2, 0.25) is 5.91 Å². The summed E-state index contributed by atoms with van der Waals surface area (Å²) in [6, 6.07) is 20.9. The molecule has 0 bridgehead atoms. The van der Waals surface area contributed by atoms with Gasteiger partial charge in [0, 0.05) is 44.5 Å². The van der Waals surface area contributed by atoms with Crippen molar-refractivity contribution in [3.8, 4) is 0 Å². The lowest BCUT2D eigenvalue weighted by Gasteiger charge is -2.30. The number of amides is 2. The van der Waals surface area contributed by atoms with Crippen LogP contribution in [0.3, 0.4) is 0 Å². The molecule has 0 unspecified atom stereocenters. The maximum atomic E-state index is 13.5. The molecule has 166 valence electrons. The molecule has 0 spiro atoms. The van der Waals surface area contributed by atoms with Gasteiger partial charge in [-0.1, -0.05) is 36.4 Å². The average Bonchev–Trinajstić information content (AvgIpc) is 2.77. The van der Waals surface area contributed by atoms with Crippen LogP contribution < -0.4 is 10.2 Å². The van der Waals surface area contributed by atoms with Gasteiger partial charge in [0.1, 0.15) is 5.82 Å². The van der Waals surface area contributed by atoms with Gasteiger partial charge in [-0.25, -0.2) is 4.39 Å². The van der Waals surface area contributed by atoms with Gasteiger partial charge in [-0.2, -0.15) is 0 Å². The number of benzene rings is 3. The van der Waals surface area contributed by atoms with Crippen LogP contribution in [0, 0.1) is 5.82 Å². The van der Waals surface area contributed by atoms with Gasteiger partial charge < -0.3 is 15.1 Å². The highest BCUT2D eigenvalue weighted by atomic mass is 19.1. The minimum Gasteiger partial charge on any atom is -0.377 e. The predicted molar refractivity (Wildman–Crippen MR) is 126 cm³/mol. The fourth-order valence-electron chi connectivity index (χ4n) is 3.68. The molecule has 3 aromatic carbocycles. The molecule has 3 rings (SSSR count). The summed E-state index contributed by atoms with van der Waals surface area (Å²) in [5, 5.41) is 2.83. The van der Waals surface area contributed by atoms with Crippen LogP contribution in [0.25, 0.3) is 0 Å². The zero-order chi connectivity index (χ0) is 23.3. The van der Waals surface area contributed by atoms with Crippen molar-refractivity contribution in [2.75, 3.05) is 24.3 Å². The number of anilines is 2. The van der Waals surface area contributed by atoms with Gasteiger partial charge in [-0.15, -0.1) is 0 Å². The summed E-state index contributed by atoms with van der Waals surface area (Å²) in [5.41, 5.74) is 3.71. The van der Waals surface area contributed by atoms with Crippen LogP contribution in [0.2, 0.25) is 0 Å². The standard InChI is InChI=1S/C26H28FN3O2/c1-18(20-9-6-5-7-10-20)30(19(2)31)17-22-16-24(13-14-25(22)29(3)4)28-26(32)21-11-8-12-23(27)15-21/h5-16,18H,17H2,1-4H3,(H,28,32)/t18-/m1/s1. The van der Waals surface area contributed by atoms with Crippen LogP contribution in [0.15, 0.2) is 72.8 Å². The molecule has 1 N–H and O–H groups in total. The second-order valence-electron chi connectivity index (χ2n) is 7.94. The Labute approximate surface area is 188 Å². The van der Waals surface area contributed by atoms with E-state index in [0.717, 1.165) is 16.8 Å². The van der Waals surface area contributed by atoms with Crippen molar-refractivity contribution < 1.29 is 14.0 Å². The summed E-state index contributed by atoms with van der Waals surface area (Å²) >= 11 is 0. The normalized spacial score (nSPS) is 11.5. The number of hydrogen-bond donors (Lipinski definition) is 1. The molecule has 32 heavy (non-hydrogen) atoms. The molecule has 0 radical (unpaired) electrons. The fourth-order valence-corrected chi connectivity index (χ4v) is 3.68. The molecular formula is C26H28FN3O2. The van der Waals surface area contributed by atoms with Crippen LogP contribution in [0.5, 0.6) is 0 Å². The molecule has 0 aliphatic heterocycles. The SMILES string of the molecule is CC(=O)N(Cc1cc(NC(=O)c2cccc(F)c2)ccc1N(C)C)[C@H](C)c1ccccc1. The molecule has 0 aromatic heterocycles. The maximum Gasteiger partial charge on any atom is 0.255 e. The lowest BCUT2D eigenvalue weighted by molar-refractivity contribution is -0.131. The van der Waals surface area contributed by atoms with E-state index in [2.05, 4.69) is 5.32 Å². The molecule has 1 atom stereocenters. The van der Waals surface area contributed by atoms with Gasteiger partial charge >= 0.3 is 0 Å². The van der Waals surface area contributed by atoms with E-state index in [1.165, 1.54) is 18.2 Å². The van der Waals surface area contributed by atoms with Crippen molar-refractivity contribution in [1.82, 2.24) is 4.90 Å². The van der Waals surface area contributed by atoms with Crippen LogP contribution >= 0.6 is 0 Å². The van der Waals surface area contributed by atoms with Crippen LogP contribution in [0.1, 0.15) is 41.4 Å². The van der Waals surface area contributed by atoms with E-state index in [4.69, 9.17) is 0 Å². The lowest BCUT2D eigenvalue weighted by atomic mass is 10.0. The van der Waals surface area contributed by atoms with Crippen molar-refractivity contribution in [2.24, 2.45) is 0 Å². The summed E-state index contributed by atoms with van der Waals surface area (Å²) in [6.45, 7) is 3.94. The minimum atomic E-state index is -0.465.